The number of aromatic nitrogens is 2. The van der Waals surface area contributed by atoms with Crippen molar-refractivity contribution in [1.82, 2.24) is 15.3 Å². The van der Waals surface area contributed by atoms with Crippen LogP contribution < -0.4 is 9.62 Å². The lowest BCUT2D eigenvalue weighted by molar-refractivity contribution is 0.0525. The van der Waals surface area contributed by atoms with Gasteiger partial charge in [-0.3, -0.25) is 9.29 Å². The molecule has 1 amide bonds. The van der Waals surface area contributed by atoms with E-state index in [1.54, 1.807) is 32.9 Å². The van der Waals surface area contributed by atoms with Gasteiger partial charge < -0.3 is 19.9 Å². The average Bonchev–Trinajstić information content (AvgIpc) is 2.74. The molecule has 0 atom stereocenters. The SMILES string of the molecule is COC(=O)c1nc(N(C)S(=O)(=O)CCCCCNC(=O)OC(C)(C)C)c2cccnc2c1O. The number of ether oxygens (including phenoxy) is 2. The van der Waals surface area contributed by atoms with Gasteiger partial charge in [0.15, 0.2) is 17.3 Å². The predicted octanol–water partition coefficient (Wildman–Crippen LogP) is 2.58. The highest BCUT2D eigenvalue weighted by atomic mass is 32.2. The maximum Gasteiger partial charge on any atom is 0.407 e. The molecule has 0 aliphatic rings. The minimum absolute atomic E-state index is 0.0390. The first-order valence-electron chi connectivity index (χ1n) is 10.4. The van der Waals surface area contributed by atoms with Crippen molar-refractivity contribution in [3.8, 4) is 5.75 Å². The summed E-state index contributed by atoms with van der Waals surface area (Å²) in [7, 11) is -1.34. The highest BCUT2D eigenvalue weighted by molar-refractivity contribution is 7.92. The monoisotopic (exact) mass is 482 g/mol. The number of unbranched alkanes of at least 4 members (excludes halogenated alkanes) is 2. The largest absolute Gasteiger partial charge is 0.504 e. The number of pyridine rings is 2. The number of nitrogens with zero attached hydrogens (tertiary/aromatic N) is 3. The van der Waals surface area contributed by atoms with Crippen molar-refractivity contribution in [2.24, 2.45) is 0 Å². The number of amides is 1. The fourth-order valence-electron chi connectivity index (χ4n) is 2.94. The van der Waals surface area contributed by atoms with Gasteiger partial charge in [-0.2, -0.15) is 0 Å². The number of hydrogen-bond donors (Lipinski definition) is 2. The van der Waals surface area contributed by atoms with Crippen LogP contribution in [-0.2, 0) is 19.5 Å². The van der Waals surface area contributed by atoms with Gasteiger partial charge in [0, 0.05) is 25.2 Å². The first kappa shape index (κ1) is 26.1. The van der Waals surface area contributed by atoms with Crippen LogP contribution in [0.5, 0.6) is 5.75 Å². The number of rotatable bonds is 9. The summed E-state index contributed by atoms with van der Waals surface area (Å²) in [5.74, 6) is -1.61. The second-order valence-corrected chi connectivity index (χ2v) is 10.4. The normalized spacial score (nSPS) is 11.8. The Morgan fingerprint density at radius 2 is 1.91 bits per heavy atom. The van der Waals surface area contributed by atoms with Gasteiger partial charge in [-0.15, -0.1) is 0 Å². The molecule has 0 unspecified atom stereocenters. The second-order valence-electron chi connectivity index (χ2n) is 8.30. The van der Waals surface area contributed by atoms with E-state index in [1.165, 1.54) is 13.2 Å². The number of aromatic hydroxyl groups is 1. The Hall–Kier alpha value is -3.15. The number of methoxy groups -OCH3 is 1. The summed E-state index contributed by atoms with van der Waals surface area (Å²) in [4.78, 5) is 31.8. The lowest BCUT2D eigenvalue weighted by Crippen LogP contribution is -2.33. The Labute approximate surface area is 193 Å². The molecule has 0 radical (unpaired) electrons. The summed E-state index contributed by atoms with van der Waals surface area (Å²) < 4.78 is 36.6. The first-order chi connectivity index (χ1) is 15.4. The van der Waals surface area contributed by atoms with E-state index in [-0.39, 0.29) is 22.5 Å². The first-order valence-corrected chi connectivity index (χ1v) is 12.0. The number of fused-ring (bicyclic) bond motifs is 1. The third-order valence-corrected chi connectivity index (χ3v) is 6.37. The van der Waals surface area contributed by atoms with E-state index in [2.05, 4.69) is 20.0 Å². The van der Waals surface area contributed by atoms with Crippen molar-refractivity contribution in [1.29, 1.82) is 0 Å². The molecule has 182 valence electrons. The zero-order valence-corrected chi connectivity index (χ0v) is 20.2. The van der Waals surface area contributed by atoms with Crippen LogP contribution in [0.1, 0.15) is 50.5 Å². The zero-order chi connectivity index (χ0) is 24.8. The number of alkyl carbamates (subject to hydrolysis) is 1. The van der Waals surface area contributed by atoms with Crippen molar-refractivity contribution in [3.63, 3.8) is 0 Å². The van der Waals surface area contributed by atoms with E-state index in [9.17, 15) is 23.1 Å². The van der Waals surface area contributed by atoms with Gasteiger partial charge in [0.1, 0.15) is 11.1 Å². The molecule has 0 fully saturated rings. The van der Waals surface area contributed by atoms with Gasteiger partial charge in [-0.05, 0) is 45.7 Å². The van der Waals surface area contributed by atoms with Gasteiger partial charge in [-0.1, -0.05) is 6.42 Å². The van der Waals surface area contributed by atoms with Crippen molar-refractivity contribution in [3.05, 3.63) is 24.0 Å². The van der Waals surface area contributed by atoms with Gasteiger partial charge in [0.25, 0.3) is 0 Å². The number of carbonyl (C=O) groups excluding carboxylic acids is 2. The van der Waals surface area contributed by atoms with Gasteiger partial charge in [-0.25, -0.2) is 23.0 Å². The molecule has 0 saturated carbocycles. The van der Waals surface area contributed by atoms with Crippen LogP contribution in [0, 0.1) is 0 Å². The van der Waals surface area contributed by atoms with E-state index in [0.29, 0.717) is 25.8 Å². The number of esters is 1. The number of carbonyl (C=O) groups is 2. The van der Waals surface area contributed by atoms with Crippen molar-refractivity contribution in [2.75, 3.05) is 30.8 Å². The Bertz CT molecular complexity index is 1110. The minimum atomic E-state index is -3.80. The summed E-state index contributed by atoms with van der Waals surface area (Å²) >= 11 is 0. The molecule has 2 aromatic rings. The summed E-state index contributed by atoms with van der Waals surface area (Å²) in [5.41, 5.74) is -0.967. The average molecular weight is 483 g/mol. The molecule has 33 heavy (non-hydrogen) atoms. The molecule has 2 rings (SSSR count). The molecule has 11 nitrogen and oxygen atoms in total. The summed E-state index contributed by atoms with van der Waals surface area (Å²) in [5, 5.41) is 13.3. The summed E-state index contributed by atoms with van der Waals surface area (Å²) in [6.07, 6.45) is 2.37. The van der Waals surface area contributed by atoms with Crippen molar-refractivity contribution >= 4 is 38.8 Å². The van der Waals surface area contributed by atoms with Crippen LogP contribution in [0.15, 0.2) is 18.3 Å². The van der Waals surface area contributed by atoms with Crippen LogP contribution in [0.25, 0.3) is 10.9 Å². The Balaban J connectivity index is 2.06. The number of sulfonamides is 1. The van der Waals surface area contributed by atoms with E-state index >= 15 is 0 Å². The molecular weight excluding hydrogens is 452 g/mol. The molecule has 2 aromatic heterocycles. The smallest absolute Gasteiger partial charge is 0.407 e. The number of hydrogen-bond acceptors (Lipinski definition) is 9. The van der Waals surface area contributed by atoms with Crippen LogP contribution in [0.4, 0.5) is 10.6 Å². The van der Waals surface area contributed by atoms with Crippen LogP contribution in [0.2, 0.25) is 0 Å². The fourth-order valence-corrected chi connectivity index (χ4v) is 4.19. The Morgan fingerprint density at radius 1 is 1.21 bits per heavy atom. The molecule has 2 N–H and O–H groups in total. The van der Waals surface area contributed by atoms with Crippen LogP contribution in [0.3, 0.4) is 0 Å². The highest BCUT2D eigenvalue weighted by Crippen LogP contribution is 2.33. The highest BCUT2D eigenvalue weighted by Gasteiger charge is 2.27. The summed E-state index contributed by atoms with van der Waals surface area (Å²) in [6.45, 7) is 5.67. The Kier molecular flexibility index (Phi) is 8.42. The molecule has 0 saturated heterocycles. The lowest BCUT2D eigenvalue weighted by atomic mass is 10.2. The van der Waals surface area contributed by atoms with Crippen molar-refractivity contribution in [2.45, 2.75) is 45.6 Å². The standard InChI is InChI=1S/C21H30N4O7S/c1-21(2,3)32-20(28)23-11-7-6-8-13-33(29,30)25(4)18-14-10-9-12-22-15(14)17(26)16(24-18)19(27)31-5/h9-10,12,26H,6-8,11,13H2,1-5H3,(H,23,28). The van der Waals surface area contributed by atoms with E-state index in [4.69, 9.17) is 4.74 Å². The van der Waals surface area contributed by atoms with E-state index < -0.39 is 39.1 Å². The molecule has 0 spiro atoms. The van der Waals surface area contributed by atoms with Crippen molar-refractivity contribution < 1.29 is 32.6 Å². The van der Waals surface area contributed by atoms with E-state index in [0.717, 1.165) is 11.4 Å². The van der Waals surface area contributed by atoms with E-state index in [1.807, 2.05) is 0 Å². The predicted molar refractivity (Wildman–Crippen MR) is 123 cm³/mol. The summed E-state index contributed by atoms with van der Waals surface area (Å²) in [6, 6.07) is 3.13. The van der Waals surface area contributed by atoms with Gasteiger partial charge >= 0.3 is 12.1 Å². The minimum Gasteiger partial charge on any atom is -0.504 e. The number of nitrogens with one attached hydrogen (secondary N) is 1. The molecule has 0 aliphatic heterocycles. The lowest BCUT2D eigenvalue weighted by Gasteiger charge is -2.21. The third-order valence-electron chi connectivity index (χ3n) is 4.56. The third kappa shape index (κ3) is 6.91. The maximum absolute atomic E-state index is 12.9. The molecular formula is C21H30N4O7S. The van der Waals surface area contributed by atoms with Crippen LogP contribution in [-0.4, -0.2) is 67.6 Å². The molecule has 0 aliphatic carbocycles. The molecule has 0 bridgehead atoms. The molecule has 12 heteroatoms. The van der Waals surface area contributed by atoms with Gasteiger partial charge in [0.05, 0.1) is 12.9 Å². The zero-order valence-electron chi connectivity index (χ0n) is 19.4. The second kappa shape index (κ2) is 10.6. The molecule has 0 aromatic carbocycles. The topological polar surface area (TPSA) is 148 Å². The molecule has 2 heterocycles. The fraction of sp³-hybridized carbons (Fsp3) is 0.524. The van der Waals surface area contributed by atoms with Gasteiger partial charge in [0.2, 0.25) is 10.0 Å². The Morgan fingerprint density at radius 3 is 2.55 bits per heavy atom. The number of anilines is 1. The quantitative estimate of drug-likeness (QED) is 0.406. The van der Waals surface area contributed by atoms with Crippen LogP contribution >= 0.6 is 0 Å². The maximum atomic E-state index is 12.9.